The molecule has 2 atom stereocenters. The number of thioether (sulfide) groups is 1. The summed E-state index contributed by atoms with van der Waals surface area (Å²) < 4.78 is 7.38. The number of hydrogen-bond acceptors (Lipinski definition) is 5. The SMILES string of the molecule is CCCCn1c(SCC(=O)N[C@H]2CCCC[C@@H]2C)nnc1-c1ccc(OC)cc1. The third kappa shape index (κ3) is 5.75. The van der Waals surface area contributed by atoms with Crippen LogP contribution < -0.4 is 10.1 Å². The molecule has 0 saturated heterocycles. The van der Waals surface area contributed by atoms with Gasteiger partial charge in [0.05, 0.1) is 12.9 Å². The number of carbonyl (C=O) groups excluding carboxylic acids is 1. The molecule has 0 radical (unpaired) electrons. The highest BCUT2D eigenvalue weighted by Gasteiger charge is 2.23. The Morgan fingerprint density at radius 1 is 1.24 bits per heavy atom. The number of aromatic nitrogens is 3. The summed E-state index contributed by atoms with van der Waals surface area (Å²) in [6, 6.07) is 8.16. The molecule has 1 heterocycles. The van der Waals surface area contributed by atoms with Crippen LogP contribution in [0.15, 0.2) is 29.4 Å². The number of amides is 1. The lowest BCUT2D eigenvalue weighted by molar-refractivity contribution is -0.119. The van der Waals surface area contributed by atoms with Gasteiger partial charge in [-0.05, 0) is 49.4 Å². The van der Waals surface area contributed by atoms with Crippen LogP contribution in [0, 0.1) is 5.92 Å². The van der Waals surface area contributed by atoms with Crippen molar-refractivity contribution in [2.45, 2.75) is 70.1 Å². The zero-order chi connectivity index (χ0) is 20.6. The first kappa shape index (κ1) is 21.7. The number of unbranched alkanes of at least 4 members (excludes halogenated alkanes) is 1. The Hall–Kier alpha value is -2.02. The molecule has 2 aromatic rings. The number of nitrogens with one attached hydrogen (secondary N) is 1. The van der Waals surface area contributed by atoms with Gasteiger partial charge in [-0.3, -0.25) is 4.79 Å². The molecule has 1 aromatic carbocycles. The molecule has 3 rings (SSSR count). The summed E-state index contributed by atoms with van der Waals surface area (Å²) in [5, 5.41) is 12.8. The van der Waals surface area contributed by atoms with E-state index in [1.54, 1.807) is 7.11 Å². The minimum absolute atomic E-state index is 0.0878. The van der Waals surface area contributed by atoms with E-state index in [-0.39, 0.29) is 5.91 Å². The fourth-order valence-electron chi connectivity index (χ4n) is 3.78. The number of benzene rings is 1. The lowest BCUT2D eigenvalue weighted by atomic mass is 9.86. The maximum atomic E-state index is 12.5. The Kier molecular flexibility index (Phi) is 7.98. The molecule has 6 nitrogen and oxygen atoms in total. The first-order chi connectivity index (χ1) is 14.1. The van der Waals surface area contributed by atoms with E-state index in [0.717, 1.165) is 48.1 Å². The van der Waals surface area contributed by atoms with Crippen LogP contribution in [0.5, 0.6) is 5.75 Å². The minimum Gasteiger partial charge on any atom is -0.497 e. The summed E-state index contributed by atoms with van der Waals surface area (Å²) in [7, 11) is 1.66. The molecule has 0 unspecified atom stereocenters. The fourth-order valence-corrected chi connectivity index (χ4v) is 4.55. The Labute approximate surface area is 177 Å². The number of methoxy groups -OCH3 is 1. The van der Waals surface area contributed by atoms with E-state index < -0.39 is 0 Å². The van der Waals surface area contributed by atoms with Gasteiger partial charge in [0.2, 0.25) is 5.91 Å². The Morgan fingerprint density at radius 2 is 2.00 bits per heavy atom. The molecule has 29 heavy (non-hydrogen) atoms. The van der Waals surface area contributed by atoms with Gasteiger partial charge in [0.15, 0.2) is 11.0 Å². The highest BCUT2D eigenvalue weighted by atomic mass is 32.2. The molecule has 0 bridgehead atoms. The Morgan fingerprint density at radius 3 is 2.69 bits per heavy atom. The molecule has 0 aliphatic heterocycles. The van der Waals surface area contributed by atoms with E-state index in [2.05, 4.69) is 33.9 Å². The molecule has 1 saturated carbocycles. The second-order valence-electron chi connectivity index (χ2n) is 7.76. The summed E-state index contributed by atoms with van der Waals surface area (Å²) in [5.74, 6) is 2.68. The van der Waals surface area contributed by atoms with Gasteiger partial charge in [0.1, 0.15) is 5.75 Å². The summed E-state index contributed by atoms with van der Waals surface area (Å²) in [6.45, 7) is 5.25. The van der Waals surface area contributed by atoms with Gasteiger partial charge in [-0.25, -0.2) is 0 Å². The molecule has 1 aliphatic carbocycles. The average Bonchev–Trinajstić information content (AvgIpc) is 3.15. The van der Waals surface area contributed by atoms with Crippen LogP contribution in [0.2, 0.25) is 0 Å². The van der Waals surface area contributed by atoms with E-state index in [4.69, 9.17) is 4.74 Å². The molecule has 1 N–H and O–H groups in total. The number of carbonyl (C=O) groups is 1. The topological polar surface area (TPSA) is 69.0 Å². The normalized spacial score (nSPS) is 19.1. The van der Waals surface area contributed by atoms with Gasteiger partial charge in [-0.2, -0.15) is 0 Å². The quantitative estimate of drug-likeness (QED) is 0.608. The van der Waals surface area contributed by atoms with Crippen LogP contribution in [-0.2, 0) is 11.3 Å². The monoisotopic (exact) mass is 416 g/mol. The number of ether oxygens (including phenoxy) is 1. The van der Waals surface area contributed by atoms with Crippen LogP contribution in [0.3, 0.4) is 0 Å². The first-order valence-corrected chi connectivity index (χ1v) is 11.6. The Bertz CT molecular complexity index is 791. The first-order valence-electron chi connectivity index (χ1n) is 10.6. The van der Waals surface area contributed by atoms with Gasteiger partial charge in [-0.1, -0.05) is 44.9 Å². The molecule has 1 aliphatic rings. The summed E-state index contributed by atoms with van der Waals surface area (Å²) in [6.07, 6.45) is 6.90. The molecule has 1 aromatic heterocycles. The fraction of sp³-hybridized carbons (Fsp3) is 0.591. The highest BCUT2D eigenvalue weighted by molar-refractivity contribution is 7.99. The van der Waals surface area contributed by atoms with Crippen molar-refractivity contribution in [3.63, 3.8) is 0 Å². The van der Waals surface area contributed by atoms with Gasteiger partial charge in [-0.15, -0.1) is 10.2 Å². The maximum Gasteiger partial charge on any atom is 0.230 e. The van der Waals surface area contributed by atoms with Crippen LogP contribution in [0.25, 0.3) is 11.4 Å². The smallest absolute Gasteiger partial charge is 0.230 e. The molecule has 158 valence electrons. The summed E-state index contributed by atoms with van der Waals surface area (Å²) >= 11 is 1.47. The number of rotatable bonds is 9. The predicted octanol–water partition coefficient (Wildman–Crippen LogP) is 4.54. The van der Waals surface area contributed by atoms with E-state index in [1.807, 2.05) is 24.3 Å². The van der Waals surface area contributed by atoms with Crippen molar-refractivity contribution in [3.8, 4) is 17.1 Å². The maximum absolute atomic E-state index is 12.5. The lowest BCUT2D eigenvalue weighted by Crippen LogP contribution is -2.41. The van der Waals surface area contributed by atoms with Gasteiger partial charge < -0.3 is 14.6 Å². The number of hydrogen-bond donors (Lipinski definition) is 1. The van der Waals surface area contributed by atoms with E-state index in [0.29, 0.717) is 17.7 Å². The zero-order valence-electron chi connectivity index (χ0n) is 17.7. The minimum atomic E-state index is 0.0878. The van der Waals surface area contributed by atoms with Crippen molar-refractivity contribution in [1.82, 2.24) is 20.1 Å². The van der Waals surface area contributed by atoms with Crippen molar-refractivity contribution in [2.75, 3.05) is 12.9 Å². The van der Waals surface area contributed by atoms with Crippen LogP contribution >= 0.6 is 11.8 Å². The van der Waals surface area contributed by atoms with Crippen LogP contribution in [-0.4, -0.2) is 39.6 Å². The van der Waals surface area contributed by atoms with Crippen molar-refractivity contribution >= 4 is 17.7 Å². The third-order valence-electron chi connectivity index (χ3n) is 5.59. The van der Waals surface area contributed by atoms with Gasteiger partial charge >= 0.3 is 0 Å². The molecule has 1 fully saturated rings. The average molecular weight is 417 g/mol. The predicted molar refractivity (Wildman–Crippen MR) is 117 cm³/mol. The van der Waals surface area contributed by atoms with Crippen molar-refractivity contribution < 1.29 is 9.53 Å². The van der Waals surface area contributed by atoms with Gasteiger partial charge in [0.25, 0.3) is 0 Å². The second-order valence-corrected chi connectivity index (χ2v) is 8.71. The molecule has 7 heteroatoms. The molecule has 0 spiro atoms. The largest absolute Gasteiger partial charge is 0.497 e. The second kappa shape index (κ2) is 10.7. The highest BCUT2D eigenvalue weighted by Crippen LogP contribution is 2.27. The standard InChI is InChI=1S/C22H32N4O2S/c1-4-5-14-26-21(17-10-12-18(28-3)13-11-17)24-25-22(26)29-15-20(27)23-19-9-7-6-8-16(19)2/h10-13,16,19H,4-9,14-15H2,1-3H3,(H,23,27)/t16-,19-/m0/s1. The van der Waals surface area contributed by atoms with Gasteiger partial charge in [0, 0.05) is 18.2 Å². The number of nitrogens with zero attached hydrogens (tertiary/aromatic N) is 3. The summed E-state index contributed by atoms with van der Waals surface area (Å²) in [5.41, 5.74) is 1.00. The molecular formula is C22H32N4O2S. The van der Waals surface area contributed by atoms with Crippen LogP contribution in [0.4, 0.5) is 0 Å². The van der Waals surface area contributed by atoms with Crippen LogP contribution in [0.1, 0.15) is 52.4 Å². The molecule has 1 amide bonds. The Balaban J connectivity index is 1.67. The lowest BCUT2D eigenvalue weighted by Gasteiger charge is -2.29. The van der Waals surface area contributed by atoms with Crippen molar-refractivity contribution in [3.05, 3.63) is 24.3 Å². The third-order valence-corrected chi connectivity index (χ3v) is 6.56. The molecular weight excluding hydrogens is 384 g/mol. The van der Waals surface area contributed by atoms with Crippen molar-refractivity contribution in [2.24, 2.45) is 5.92 Å². The summed E-state index contributed by atoms with van der Waals surface area (Å²) in [4.78, 5) is 12.5. The van der Waals surface area contributed by atoms with Crippen molar-refractivity contribution in [1.29, 1.82) is 0 Å². The van der Waals surface area contributed by atoms with E-state index >= 15 is 0 Å². The zero-order valence-corrected chi connectivity index (χ0v) is 18.5. The van der Waals surface area contributed by atoms with E-state index in [9.17, 15) is 4.79 Å². The van der Waals surface area contributed by atoms with E-state index in [1.165, 1.54) is 31.0 Å².